The topological polar surface area (TPSA) is 50.3 Å². The van der Waals surface area contributed by atoms with Gasteiger partial charge in [-0.05, 0) is 67.9 Å². The Balaban J connectivity index is 1.17. The number of nitrogens with zero attached hydrogens (tertiary/aromatic N) is 3. The van der Waals surface area contributed by atoms with E-state index in [1.165, 1.54) is 19.3 Å². The molecular formula is C28H40ClFN4O. The van der Waals surface area contributed by atoms with Crippen LogP contribution in [0.5, 0.6) is 5.75 Å². The fourth-order valence-electron chi connectivity index (χ4n) is 5.62. The molecule has 2 aliphatic rings. The van der Waals surface area contributed by atoms with Crippen molar-refractivity contribution in [3.63, 3.8) is 0 Å². The number of ether oxygens (including phenoxy) is 1. The second-order valence-corrected chi connectivity index (χ2v) is 11.0. The van der Waals surface area contributed by atoms with Gasteiger partial charge in [-0.1, -0.05) is 44.9 Å². The number of aromatic nitrogens is 2. The number of hydrogen-bond donors (Lipinski definition) is 1. The summed E-state index contributed by atoms with van der Waals surface area (Å²) in [7, 11) is 0. The van der Waals surface area contributed by atoms with Gasteiger partial charge in [0.2, 0.25) is 5.95 Å². The van der Waals surface area contributed by atoms with Gasteiger partial charge in [-0.15, -0.1) is 0 Å². The first-order valence-corrected chi connectivity index (χ1v) is 13.7. The van der Waals surface area contributed by atoms with E-state index in [1.54, 1.807) is 18.5 Å². The van der Waals surface area contributed by atoms with Gasteiger partial charge in [0.1, 0.15) is 11.6 Å². The average molecular weight is 503 g/mol. The first-order valence-electron chi connectivity index (χ1n) is 13.3. The molecule has 0 radical (unpaired) electrons. The van der Waals surface area contributed by atoms with Crippen LogP contribution < -0.4 is 15.0 Å². The van der Waals surface area contributed by atoms with Crippen molar-refractivity contribution in [2.24, 2.45) is 17.8 Å². The van der Waals surface area contributed by atoms with Crippen molar-refractivity contribution in [3.8, 4) is 5.75 Å². The van der Waals surface area contributed by atoms with E-state index in [-0.39, 0.29) is 5.82 Å². The minimum absolute atomic E-state index is 0.158. The number of piperidine rings is 1. The number of hydrogen-bond acceptors (Lipinski definition) is 5. The maximum absolute atomic E-state index is 14.7. The molecule has 1 aromatic carbocycles. The van der Waals surface area contributed by atoms with Gasteiger partial charge in [0.15, 0.2) is 0 Å². The van der Waals surface area contributed by atoms with Crippen LogP contribution in [0.3, 0.4) is 0 Å². The molecular weight excluding hydrogens is 463 g/mol. The molecule has 1 saturated heterocycles. The van der Waals surface area contributed by atoms with Crippen LogP contribution in [0, 0.1) is 23.6 Å². The molecule has 2 aromatic rings. The van der Waals surface area contributed by atoms with Crippen molar-refractivity contribution in [1.29, 1.82) is 0 Å². The molecule has 2 fully saturated rings. The molecule has 1 saturated carbocycles. The lowest BCUT2D eigenvalue weighted by atomic mass is 9.90. The molecule has 0 bridgehead atoms. The summed E-state index contributed by atoms with van der Waals surface area (Å²) in [5, 5.41) is 4.13. The highest BCUT2D eigenvalue weighted by Gasteiger charge is 2.43. The average Bonchev–Trinajstić information content (AvgIpc) is 3.61. The quantitative estimate of drug-likeness (QED) is 0.369. The molecule has 192 valence electrons. The number of rotatable bonds is 12. The summed E-state index contributed by atoms with van der Waals surface area (Å²) in [4.78, 5) is 11.0. The highest BCUT2D eigenvalue weighted by Crippen LogP contribution is 2.49. The van der Waals surface area contributed by atoms with Crippen LogP contribution >= 0.6 is 11.6 Å². The van der Waals surface area contributed by atoms with E-state index >= 15 is 0 Å². The van der Waals surface area contributed by atoms with Crippen LogP contribution in [0.2, 0.25) is 5.02 Å². The van der Waals surface area contributed by atoms with Crippen LogP contribution in [-0.4, -0.2) is 41.7 Å². The number of nitrogens with one attached hydrogen (secondary N) is 1. The zero-order valence-electron chi connectivity index (χ0n) is 21.4. The third-order valence-electron chi connectivity index (χ3n) is 7.47. The Labute approximate surface area is 214 Å². The van der Waals surface area contributed by atoms with E-state index in [1.807, 2.05) is 12.1 Å². The Kier molecular flexibility index (Phi) is 9.23. The Morgan fingerprint density at radius 2 is 1.94 bits per heavy atom. The summed E-state index contributed by atoms with van der Waals surface area (Å²) >= 11 is 5.90. The predicted molar refractivity (Wildman–Crippen MR) is 141 cm³/mol. The highest BCUT2D eigenvalue weighted by atomic mass is 35.5. The van der Waals surface area contributed by atoms with Crippen LogP contribution in [-0.2, 0) is 6.42 Å². The van der Waals surface area contributed by atoms with Crippen LogP contribution in [0.1, 0.15) is 64.9 Å². The normalized spacial score (nSPS) is 21.4. The number of anilines is 1. The Morgan fingerprint density at radius 3 is 2.60 bits per heavy atom. The van der Waals surface area contributed by atoms with Crippen molar-refractivity contribution in [2.45, 2.75) is 77.8 Å². The predicted octanol–water partition coefficient (Wildman–Crippen LogP) is 6.30. The molecule has 3 atom stereocenters. The minimum atomic E-state index is -0.158. The monoisotopic (exact) mass is 502 g/mol. The molecule has 35 heavy (non-hydrogen) atoms. The van der Waals surface area contributed by atoms with Crippen LogP contribution in [0.15, 0.2) is 30.6 Å². The Morgan fingerprint density at radius 1 is 1.20 bits per heavy atom. The van der Waals surface area contributed by atoms with Gasteiger partial charge in [-0.3, -0.25) is 0 Å². The van der Waals surface area contributed by atoms with Gasteiger partial charge in [0.05, 0.1) is 24.0 Å². The van der Waals surface area contributed by atoms with Crippen LogP contribution in [0.4, 0.5) is 10.3 Å². The van der Waals surface area contributed by atoms with Gasteiger partial charge in [-0.2, -0.15) is 0 Å². The summed E-state index contributed by atoms with van der Waals surface area (Å²) in [6, 6.07) is 6.09. The van der Waals surface area contributed by atoms with Gasteiger partial charge in [0.25, 0.3) is 0 Å². The van der Waals surface area contributed by atoms with E-state index < -0.39 is 0 Å². The summed E-state index contributed by atoms with van der Waals surface area (Å²) in [5.74, 6) is 3.58. The summed E-state index contributed by atoms with van der Waals surface area (Å²) in [6.07, 6.45) is 10.9. The highest BCUT2D eigenvalue weighted by molar-refractivity contribution is 6.30. The third kappa shape index (κ3) is 7.53. The maximum Gasteiger partial charge on any atom is 0.225 e. The SMILES string of the molecule is CCCC(Cc1ccc(OCCC2CC2C2CCN(c3ncc(Cl)cn3)CC2)cc1F)NC(C)C. The number of benzene rings is 1. The zero-order chi connectivity index (χ0) is 24.8. The second kappa shape index (κ2) is 12.4. The Hall–Kier alpha value is -1.92. The molecule has 2 heterocycles. The first-order chi connectivity index (χ1) is 16.9. The van der Waals surface area contributed by atoms with E-state index in [2.05, 4.69) is 41.0 Å². The second-order valence-electron chi connectivity index (χ2n) is 10.6. The fourth-order valence-corrected chi connectivity index (χ4v) is 5.72. The van der Waals surface area contributed by atoms with E-state index in [4.69, 9.17) is 16.3 Å². The largest absolute Gasteiger partial charge is 0.493 e. The lowest BCUT2D eigenvalue weighted by Crippen LogP contribution is -2.36. The van der Waals surface area contributed by atoms with Crippen molar-refractivity contribution in [2.75, 3.05) is 24.6 Å². The van der Waals surface area contributed by atoms with Gasteiger partial charge in [0, 0.05) is 31.2 Å². The van der Waals surface area contributed by atoms with Gasteiger partial charge < -0.3 is 15.0 Å². The molecule has 4 rings (SSSR count). The van der Waals surface area contributed by atoms with Gasteiger partial charge in [-0.25, -0.2) is 14.4 Å². The van der Waals surface area contributed by atoms with Crippen LogP contribution in [0.25, 0.3) is 0 Å². The molecule has 7 heteroatoms. The molecule has 5 nitrogen and oxygen atoms in total. The molecule has 1 aliphatic heterocycles. The zero-order valence-corrected chi connectivity index (χ0v) is 22.1. The molecule has 3 unspecified atom stereocenters. The standard InChI is InChI=1S/C28H40ClFN4O/c1-4-5-24(33-19(2)3)14-22-6-7-25(16-27(22)30)35-13-10-21-15-26(21)20-8-11-34(12-9-20)28-31-17-23(29)18-32-28/h6-7,16-21,24,26,33H,4-5,8-15H2,1-3H3. The molecule has 0 amide bonds. The van der Waals surface area contributed by atoms with E-state index in [0.29, 0.717) is 35.9 Å². The lowest BCUT2D eigenvalue weighted by Gasteiger charge is -2.32. The lowest BCUT2D eigenvalue weighted by molar-refractivity contribution is 0.283. The molecule has 1 N–H and O–H groups in total. The Bertz CT molecular complexity index is 933. The van der Waals surface area contributed by atoms with Crippen molar-refractivity contribution in [3.05, 3.63) is 47.0 Å². The smallest absolute Gasteiger partial charge is 0.225 e. The summed E-state index contributed by atoms with van der Waals surface area (Å²) in [5.41, 5.74) is 0.765. The third-order valence-corrected chi connectivity index (χ3v) is 7.66. The van der Waals surface area contributed by atoms with E-state index in [9.17, 15) is 4.39 Å². The molecule has 1 aromatic heterocycles. The van der Waals surface area contributed by atoms with Gasteiger partial charge >= 0.3 is 0 Å². The van der Waals surface area contributed by atoms with Crippen molar-refractivity contribution >= 4 is 17.5 Å². The first kappa shape index (κ1) is 26.2. The maximum atomic E-state index is 14.7. The van der Waals surface area contributed by atoms with Crippen molar-refractivity contribution < 1.29 is 9.13 Å². The molecule has 0 spiro atoms. The molecule has 1 aliphatic carbocycles. The minimum Gasteiger partial charge on any atom is -0.493 e. The number of halogens is 2. The summed E-state index contributed by atoms with van der Waals surface area (Å²) < 4.78 is 20.7. The summed E-state index contributed by atoms with van der Waals surface area (Å²) in [6.45, 7) is 9.11. The fraction of sp³-hybridized carbons (Fsp3) is 0.643. The van der Waals surface area contributed by atoms with Crippen molar-refractivity contribution in [1.82, 2.24) is 15.3 Å². The van der Waals surface area contributed by atoms with E-state index in [0.717, 1.165) is 61.6 Å².